The van der Waals surface area contributed by atoms with E-state index in [2.05, 4.69) is 26.4 Å². The fourth-order valence-corrected chi connectivity index (χ4v) is 3.73. The molecule has 138 valence electrons. The highest BCUT2D eigenvalue weighted by molar-refractivity contribution is 7.98. The third-order valence-corrected chi connectivity index (χ3v) is 5.46. The standard InChI is InChI=1S/C17H33N5OS/c1-18-17(19-7-6-14-24-2)22-12-10-20(11-13-22)15-16(23)21-8-4-3-5-9-21/h3-15H2,1-2H3,(H,18,19). The number of aliphatic imine (C=N–C) groups is 1. The molecule has 0 atom stereocenters. The summed E-state index contributed by atoms with van der Waals surface area (Å²) in [7, 11) is 1.85. The molecule has 0 spiro atoms. The van der Waals surface area contributed by atoms with Gasteiger partial charge in [0.15, 0.2) is 5.96 Å². The van der Waals surface area contributed by atoms with Crippen LogP contribution in [0.3, 0.4) is 0 Å². The predicted molar refractivity (Wildman–Crippen MR) is 103 cm³/mol. The number of carbonyl (C=O) groups excluding carboxylic acids is 1. The van der Waals surface area contributed by atoms with Crippen LogP contribution in [0, 0.1) is 0 Å². The van der Waals surface area contributed by atoms with E-state index in [4.69, 9.17) is 0 Å². The molecular formula is C17H33N5OS. The molecule has 0 aromatic carbocycles. The van der Waals surface area contributed by atoms with Crippen LogP contribution >= 0.6 is 11.8 Å². The summed E-state index contributed by atoms with van der Waals surface area (Å²) in [4.78, 5) is 23.4. The summed E-state index contributed by atoms with van der Waals surface area (Å²) in [6, 6.07) is 0. The fourth-order valence-electron chi connectivity index (χ4n) is 3.30. The van der Waals surface area contributed by atoms with Gasteiger partial charge in [0.25, 0.3) is 0 Å². The molecule has 0 aliphatic carbocycles. The Balaban J connectivity index is 1.69. The molecule has 2 rings (SSSR count). The summed E-state index contributed by atoms with van der Waals surface area (Å²) in [5.74, 6) is 2.48. The van der Waals surface area contributed by atoms with Crippen LogP contribution < -0.4 is 5.32 Å². The Bertz CT molecular complexity index is 404. The SMILES string of the molecule is CN=C(NCCCSC)N1CCN(CC(=O)N2CCCCC2)CC1. The van der Waals surface area contributed by atoms with Crippen LogP contribution in [0.25, 0.3) is 0 Å². The number of hydrogen-bond acceptors (Lipinski definition) is 4. The average Bonchev–Trinajstić information content (AvgIpc) is 2.63. The Labute approximate surface area is 151 Å². The first kappa shape index (κ1) is 19.4. The van der Waals surface area contributed by atoms with Crippen molar-refractivity contribution in [2.45, 2.75) is 25.7 Å². The number of guanidine groups is 1. The van der Waals surface area contributed by atoms with Gasteiger partial charge in [-0.3, -0.25) is 14.7 Å². The third kappa shape index (κ3) is 6.16. The van der Waals surface area contributed by atoms with Crippen LogP contribution in [0.1, 0.15) is 25.7 Å². The van der Waals surface area contributed by atoms with Crippen LogP contribution in [0.15, 0.2) is 4.99 Å². The summed E-state index contributed by atoms with van der Waals surface area (Å²) >= 11 is 1.88. The molecule has 2 fully saturated rings. The topological polar surface area (TPSA) is 51.2 Å². The van der Waals surface area contributed by atoms with Crippen molar-refractivity contribution in [3.8, 4) is 0 Å². The fraction of sp³-hybridized carbons (Fsp3) is 0.882. The number of amides is 1. The Kier molecular flexibility index (Phi) is 8.74. The lowest BCUT2D eigenvalue weighted by atomic mass is 10.1. The van der Waals surface area contributed by atoms with Crippen molar-refractivity contribution in [1.29, 1.82) is 0 Å². The van der Waals surface area contributed by atoms with Crippen molar-refractivity contribution in [3.05, 3.63) is 0 Å². The number of piperidine rings is 1. The number of nitrogens with one attached hydrogen (secondary N) is 1. The minimum atomic E-state index is 0.308. The zero-order chi connectivity index (χ0) is 17.2. The minimum absolute atomic E-state index is 0.308. The summed E-state index contributed by atoms with van der Waals surface area (Å²) in [6.45, 7) is 7.20. The van der Waals surface area contributed by atoms with E-state index in [9.17, 15) is 4.79 Å². The smallest absolute Gasteiger partial charge is 0.236 e. The van der Waals surface area contributed by atoms with E-state index in [0.717, 1.165) is 71.0 Å². The highest BCUT2D eigenvalue weighted by atomic mass is 32.2. The molecule has 0 saturated carbocycles. The first-order valence-electron chi connectivity index (χ1n) is 9.19. The van der Waals surface area contributed by atoms with Gasteiger partial charge in [-0.15, -0.1) is 0 Å². The molecule has 0 radical (unpaired) electrons. The molecule has 0 bridgehead atoms. The first-order chi connectivity index (χ1) is 11.7. The van der Waals surface area contributed by atoms with Gasteiger partial charge in [0.1, 0.15) is 0 Å². The first-order valence-corrected chi connectivity index (χ1v) is 10.6. The molecule has 24 heavy (non-hydrogen) atoms. The normalized spacial score (nSPS) is 20.3. The molecule has 7 heteroatoms. The highest BCUT2D eigenvalue weighted by Gasteiger charge is 2.23. The Hall–Kier alpha value is -0.950. The maximum Gasteiger partial charge on any atom is 0.236 e. The largest absolute Gasteiger partial charge is 0.356 e. The lowest BCUT2D eigenvalue weighted by Gasteiger charge is -2.37. The lowest BCUT2D eigenvalue weighted by molar-refractivity contribution is -0.133. The van der Waals surface area contributed by atoms with Gasteiger partial charge in [-0.25, -0.2) is 0 Å². The Morgan fingerprint density at radius 1 is 1.04 bits per heavy atom. The maximum atomic E-state index is 12.4. The maximum absolute atomic E-state index is 12.4. The number of nitrogens with zero attached hydrogens (tertiary/aromatic N) is 4. The molecule has 2 saturated heterocycles. The van der Waals surface area contributed by atoms with Crippen molar-refractivity contribution in [2.75, 3.05) is 71.4 Å². The van der Waals surface area contributed by atoms with Gasteiger partial charge in [-0.2, -0.15) is 11.8 Å². The molecule has 0 aromatic heterocycles. The summed E-state index contributed by atoms with van der Waals surface area (Å²) < 4.78 is 0. The van der Waals surface area contributed by atoms with Crippen molar-refractivity contribution < 1.29 is 4.79 Å². The number of piperazine rings is 1. The third-order valence-electron chi connectivity index (χ3n) is 4.76. The van der Waals surface area contributed by atoms with Gasteiger partial charge in [0, 0.05) is 52.9 Å². The van der Waals surface area contributed by atoms with Crippen molar-refractivity contribution in [2.24, 2.45) is 4.99 Å². The van der Waals surface area contributed by atoms with E-state index in [1.807, 2.05) is 23.7 Å². The molecule has 2 aliphatic rings. The molecule has 1 N–H and O–H groups in total. The number of thioether (sulfide) groups is 1. The molecule has 1 amide bonds. The van der Waals surface area contributed by atoms with Crippen LogP contribution in [0.4, 0.5) is 0 Å². The number of hydrogen-bond donors (Lipinski definition) is 1. The number of rotatable bonds is 6. The van der Waals surface area contributed by atoms with E-state index < -0.39 is 0 Å². The quantitative estimate of drug-likeness (QED) is 0.437. The second-order valence-electron chi connectivity index (χ2n) is 6.52. The minimum Gasteiger partial charge on any atom is -0.356 e. The van der Waals surface area contributed by atoms with Crippen molar-refractivity contribution >= 4 is 23.6 Å². The predicted octanol–water partition coefficient (Wildman–Crippen LogP) is 0.945. The van der Waals surface area contributed by atoms with Gasteiger partial charge < -0.3 is 15.1 Å². The van der Waals surface area contributed by atoms with Gasteiger partial charge in [-0.05, 0) is 37.7 Å². The van der Waals surface area contributed by atoms with Gasteiger partial charge >= 0.3 is 0 Å². The van der Waals surface area contributed by atoms with Gasteiger partial charge in [-0.1, -0.05) is 0 Å². The van der Waals surface area contributed by atoms with Crippen molar-refractivity contribution in [3.63, 3.8) is 0 Å². The van der Waals surface area contributed by atoms with Crippen LogP contribution in [0.5, 0.6) is 0 Å². The van der Waals surface area contributed by atoms with E-state index >= 15 is 0 Å². The number of carbonyl (C=O) groups is 1. The zero-order valence-corrected chi connectivity index (χ0v) is 16.1. The monoisotopic (exact) mass is 355 g/mol. The zero-order valence-electron chi connectivity index (χ0n) is 15.3. The van der Waals surface area contributed by atoms with E-state index in [1.165, 1.54) is 12.2 Å². The Morgan fingerprint density at radius 3 is 2.38 bits per heavy atom. The van der Waals surface area contributed by atoms with Crippen LogP contribution in [-0.4, -0.2) is 98.0 Å². The van der Waals surface area contributed by atoms with Gasteiger partial charge in [0.2, 0.25) is 5.91 Å². The molecule has 0 unspecified atom stereocenters. The second kappa shape index (κ2) is 10.8. The van der Waals surface area contributed by atoms with E-state index in [1.54, 1.807) is 0 Å². The highest BCUT2D eigenvalue weighted by Crippen LogP contribution is 2.10. The second-order valence-corrected chi connectivity index (χ2v) is 7.51. The molecule has 2 aliphatic heterocycles. The van der Waals surface area contributed by atoms with Crippen LogP contribution in [0.2, 0.25) is 0 Å². The van der Waals surface area contributed by atoms with Crippen molar-refractivity contribution in [1.82, 2.24) is 20.0 Å². The summed E-state index contributed by atoms with van der Waals surface area (Å²) in [5.41, 5.74) is 0. The van der Waals surface area contributed by atoms with E-state index in [0.29, 0.717) is 12.5 Å². The number of likely N-dealkylation sites (tertiary alicyclic amines) is 1. The van der Waals surface area contributed by atoms with Crippen LogP contribution in [-0.2, 0) is 4.79 Å². The molecular weight excluding hydrogens is 322 g/mol. The molecule has 0 aromatic rings. The summed E-state index contributed by atoms with van der Waals surface area (Å²) in [6.07, 6.45) is 6.89. The molecule has 2 heterocycles. The summed E-state index contributed by atoms with van der Waals surface area (Å²) in [5, 5.41) is 3.45. The van der Waals surface area contributed by atoms with Gasteiger partial charge in [0.05, 0.1) is 6.54 Å². The lowest BCUT2D eigenvalue weighted by Crippen LogP contribution is -2.54. The average molecular weight is 356 g/mol. The molecule has 6 nitrogen and oxygen atoms in total. The Morgan fingerprint density at radius 2 is 1.75 bits per heavy atom. The van der Waals surface area contributed by atoms with E-state index in [-0.39, 0.29) is 0 Å².